The van der Waals surface area contributed by atoms with E-state index in [0.717, 1.165) is 12.1 Å². The normalized spacial score (nSPS) is 12.0. The molecule has 0 radical (unpaired) electrons. The van der Waals surface area contributed by atoms with Gasteiger partial charge in [0.2, 0.25) is 10.0 Å². The molecule has 0 heterocycles. The Labute approximate surface area is 146 Å². The van der Waals surface area contributed by atoms with Crippen LogP contribution in [0, 0.1) is 0 Å². The molecule has 134 valence electrons. The van der Waals surface area contributed by atoms with Crippen LogP contribution >= 0.6 is 11.6 Å². The van der Waals surface area contributed by atoms with Gasteiger partial charge in [-0.15, -0.1) is 0 Å². The van der Waals surface area contributed by atoms with E-state index in [1.54, 1.807) is 0 Å². The van der Waals surface area contributed by atoms with E-state index in [1.807, 2.05) is 0 Å². The lowest BCUT2D eigenvalue weighted by Gasteiger charge is -2.12. The molecule has 0 spiro atoms. The SMILES string of the molecule is CNS(=O)(=O)c1cccc(C(=O)Nc2ccc(Cl)c(C(F)(F)F)c2)c1. The largest absolute Gasteiger partial charge is 0.417 e. The lowest BCUT2D eigenvalue weighted by Crippen LogP contribution is -2.19. The van der Waals surface area contributed by atoms with Gasteiger partial charge in [-0.2, -0.15) is 13.2 Å². The first kappa shape index (κ1) is 19.2. The Hall–Kier alpha value is -2.10. The molecule has 0 aliphatic heterocycles. The average molecular weight is 393 g/mol. The molecular weight excluding hydrogens is 381 g/mol. The van der Waals surface area contributed by atoms with Crippen LogP contribution in [0.25, 0.3) is 0 Å². The molecule has 2 N–H and O–H groups in total. The highest BCUT2D eigenvalue weighted by molar-refractivity contribution is 7.89. The Balaban J connectivity index is 2.31. The summed E-state index contributed by atoms with van der Waals surface area (Å²) < 4.78 is 64.1. The summed E-state index contributed by atoms with van der Waals surface area (Å²) in [5.74, 6) is -0.761. The van der Waals surface area contributed by atoms with Gasteiger partial charge in [-0.05, 0) is 43.4 Å². The smallest absolute Gasteiger partial charge is 0.322 e. The Bertz CT molecular complexity index is 914. The fourth-order valence-electron chi connectivity index (χ4n) is 1.95. The Morgan fingerprint density at radius 3 is 2.40 bits per heavy atom. The molecular formula is C15H12ClF3N2O3S. The Kier molecular flexibility index (Phi) is 5.40. The van der Waals surface area contributed by atoms with Gasteiger partial charge in [0.25, 0.3) is 5.91 Å². The highest BCUT2D eigenvalue weighted by Crippen LogP contribution is 2.36. The molecule has 2 aromatic carbocycles. The summed E-state index contributed by atoms with van der Waals surface area (Å²) in [6.45, 7) is 0. The second-order valence-electron chi connectivity index (χ2n) is 4.88. The fraction of sp³-hybridized carbons (Fsp3) is 0.133. The third kappa shape index (κ3) is 4.50. The van der Waals surface area contributed by atoms with Crippen molar-refractivity contribution in [3.63, 3.8) is 0 Å². The summed E-state index contributed by atoms with van der Waals surface area (Å²) in [6, 6.07) is 8.02. The van der Waals surface area contributed by atoms with E-state index in [2.05, 4.69) is 10.0 Å². The van der Waals surface area contributed by atoms with Gasteiger partial charge < -0.3 is 5.32 Å². The molecule has 0 unspecified atom stereocenters. The summed E-state index contributed by atoms with van der Waals surface area (Å²) in [6.07, 6.45) is -4.67. The van der Waals surface area contributed by atoms with Crippen LogP contribution in [0.2, 0.25) is 5.02 Å². The van der Waals surface area contributed by atoms with Crippen molar-refractivity contribution in [3.05, 3.63) is 58.6 Å². The number of hydrogen-bond acceptors (Lipinski definition) is 3. The fourth-order valence-corrected chi connectivity index (χ4v) is 2.95. The number of carbonyl (C=O) groups excluding carboxylic acids is 1. The second-order valence-corrected chi connectivity index (χ2v) is 7.18. The maximum atomic E-state index is 12.8. The number of alkyl halides is 3. The third-order valence-corrected chi connectivity index (χ3v) is 4.95. The van der Waals surface area contributed by atoms with E-state index in [0.29, 0.717) is 6.07 Å². The van der Waals surface area contributed by atoms with Gasteiger partial charge in [0.05, 0.1) is 15.5 Å². The van der Waals surface area contributed by atoms with Crippen molar-refractivity contribution in [1.82, 2.24) is 4.72 Å². The van der Waals surface area contributed by atoms with Gasteiger partial charge >= 0.3 is 6.18 Å². The first-order chi connectivity index (χ1) is 11.5. The number of benzene rings is 2. The van der Waals surface area contributed by atoms with Gasteiger partial charge in [0.1, 0.15) is 0 Å². The van der Waals surface area contributed by atoms with E-state index < -0.39 is 32.7 Å². The van der Waals surface area contributed by atoms with Crippen molar-refractivity contribution >= 4 is 33.2 Å². The first-order valence-electron chi connectivity index (χ1n) is 6.76. The van der Waals surface area contributed by atoms with Gasteiger partial charge in [0, 0.05) is 11.3 Å². The van der Waals surface area contributed by atoms with Crippen molar-refractivity contribution in [2.75, 3.05) is 12.4 Å². The quantitative estimate of drug-likeness (QED) is 0.836. The number of rotatable bonds is 4. The molecule has 0 saturated heterocycles. The van der Waals surface area contributed by atoms with Crippen molar-refractivity contribution in [1.29, 1.82) is 0 Å². The standard InChI is InChI=1S/C15H12ClF3N2O3S/c1-20-25(23,24)11-4-2-3-9(7-11)14(22)21-10-5-6-13(16)12(8-10)15(17,18)19/h2-8,20H,1H3,(H,21,22). The summed E-state index contributed by atoms with van der Waals surface area (Å²) in [7, 11) is -2.54. The number of hydrogen-bond donors (Lipinski definition) is 2. The molecule has 25 heavy (non-hydrogen) atoms. The molecule has 1 amide bonds. The van der Waals surface area contributed by atoms with E-state index >= 15 is 0 Å². The minimum atomic E-state index is -4.67. The summed E-state index contributed by atoms with van der Waals surface area (Å²) in [5, 5.41) is 1.79. The Morgan fingerprint density at radius 1 is 1.12 bits per heavy atom. The van der Waals surface area contributed by atoms with Crippen LogP contribution in [-0.2, 0) is 16.2 Å². The molecule has 10 heteroatoms. The average Bonchev–Trinajstić information content (AvgIpc) is 2.55. The monoisotopic (exact) mass is 392 g/mol. The molecule has 0 aromatic heterocycles. The summed E-state index contributed by atoms with van der Waals surface area (Å²) in [4.78, 5) is 12.0. The zero-order chi connectivity index (χ0) is 18.8. The number of anilines is 1. The topological polar surface area (TPSA) is 75.3 Å². The highest BCUT2D eigenvalue weighted by Gasteiger charge is 2.33. The Morgan fingerprint density at radius 2 is 1.80 bits per heavy atom. The van der Waals surface area contributed by atoms with Crippen LogP contribution in [0.4, 0.5) is 18.9 Å². The minimum absolute atomic E-state index is 0.0279. The lowest BCUT2D eigenvalue weighted by atomic mass is 10.1. The number of halogens is 4. The predicted molar refractivity (Wildman–Crippen MR) is 87.1 cm³/mol. The highest BCUT2D eigenvalue weighted by atomic mass is 35.5. The van der Waals surface area contributed by atoms with Gasteiger partial charge in [-0.3, -0.25) is 4.79 Å². The van der Waals surface area contributed by atoms with Crippen molar-refractivity contribution in [2.45, 2.75) is 11.1 Å². The molecule has 0 aliphatic rings. The zero-order valence-corrected chi connectivity index (χ0v) is 14.3. The maximum Gasteiger partial charge on any atom is 0.417 e. The molecule has 2 rings (SSSR count). The molecule has 2 aromatic rings. The maximum absolute atomic E-state index is 12.8. The first-order valence-corrected chi connectivity index (χ1v) is 8.62. The molecule has 0 bridgehead atoms. The van der Waals surface area contributed by atoms with E-state index in [4.69, 9.17) is 11.6 Å². The lowest BCUT2D eigenvalue weighted by molar-refractivity contribution is -0.137. The predicted octanol–water partition coefficient (Wildman–Crippen LogP) is 3.52. The van der Waals surface area contributed by atoms with Crippen LogP contribution in [0.15, 0.2) is 47.4 Å². The van der Waals surface area contributed by atoms with E-state index in [9.17, 15) is 26.4 Å². The van der Waals surface area contributed by atoms with Crippen molar-refractivity contribution in [3.8, 4) is 0 Å². The van der Waals surface area contributed by atoms with Crippen LogP contribution in [-0.4, -0.2) is 21.4 Å². The van der Waals surface area contributed by atoms with Crippen molar-refractivity contribution in [2.24, 2.45) is 0 Å². The van der Waals surface area contributed by atoms with E-state index in [-0.39, 0.29) is 16.1 Å². The summed E-state index contributed by atoms with van der Waals surface area (Å²) in [5.41, 5.74) is -1.23. The molecule has 5 nitrogen and oxygen atoms in total. The molecule has 0 atom stereocenters. The van der Waals surface area contributed by atoms with Crippen LogP contribution < -0.4 is 10.0 Å². The number of nitrogens with one attached hydrogen (secondary N) is 2. The van der Waals surface area contributed by atoms with Crippen LogP contribution in [0.5, 0.6) is 0 Å². The van der Waals surface area contributed by atoms with Gasteiger partial charge in [0.15, 0.2) is 0 Å². The molecule has 0 aliphatic carbocycles. The minimum Gasteiger partial charge on any atom is -0.322 e. The zero-order valence-electron chi connectivity index (χ0n) is 12.7. The van der Waals surface area contributed by atoms with Crippen molar-refractivity contribution < 1.29 is 26.4 Å². The second kappa shape index (κ2) is 7.03. The molecule has 0 fully saturated rings. The molecule has 0 saturated carbocycles. The van der Waals surface area contributed by atoms with Gasteiger partial charge in [-0.1, -0.05) is 17.7 Å². The van der Waals surface area contributed by atoms with E-state index in [1.165, 1.54) is 31.3 Å². The van der Waals surface area contributed by atoms with Crippen LogP contribution in [0.1, 0.15) is 15.9 Å². The number of sulfonamides is 1. The van der Waals surface area contributed by atoms with Crippen LogP contribution in [0.3, 0.4) is 0 Å². The number of amides is 1. The number of carbonyl (C=O) groups is 1. The van der Waals surface area contributed by atoms with Gasteiger partial charge in [-0.25, -0.2) is 13.1 Å². The summed E-state index contributed by atoms with van der Waals surface area (Å²) >= 11 is 5.51. The third-order valence-electron chi connectivity index (χ3n) is 3.20.